The lowest BCUT2D eigenvalue weighted by atomic mass is 9.84. The zero-order valence-corrected chi connectivity index (χ0v) is 29.2. The van der Waals surface area contributed by atoms with Crippen molar-refractivity contribution in [2.75, 3.05) is 0 Å². The molecule has 0 aliphatic heterocycles. The first-order valence-corrected chi connectivity index (χ1v) is 18.8. The minimum Gasteiger partial charge on any atom is -0.456 e. The predicted octanol–water partition coefficient (Wildman–Crippen LogP) is 15.2. The van der Waals surface area contributed by atoms with Crippen LogP contribution in [-0.2, 0) is 0 Å². The van der Waals surface area contributed by atoms with Crippen molar-refractivity contribution in [1.82, 2.24) is 0 Å². The molecule has 0 aliphatic rings. The summed E-state index contributed by atoms with van der Waals surface area (Å²) in [5.74, 6) is 0. The fourth-order valence-electron chi connectivity index (χ4n) is 8.75. The largest absolute Gasteiger partial charge is 0.456 e. The lowest BCUT2D eigenvalue weighted by molar-refractivity contribution is 0.669. The zero-order valence-electron chi connectivity index (χ0n) is 28.4. The third-order valence-electron chi connectivity index (χ3n) is 11.1. The van der Waals surface area contributed by atoms with Crippen LogP contribution in [0.25, 0.3) is 119 Å². The highest BCUT2D eigenvalue weighted by atomic mass is 32.1. The predicted molar refractivity (Wildman–Crippen MR) is 225 cm³/mol. The van der Waals surface area contributed by atoms with E-state index in [9.17, 15) is 0 Å². The van der Waals surface area contributed by atoms with Gasteiger partial charge < -0.3 is 8.83 Å². The van der Waals surface area contributed by atoms with Crippen molar-refractivity contribution in [3.8, 4) is 32.7 Å². The molecule has 0 saturated heterocycles. The van der Waals surface area contributed by atoms with E-state index in [2.05, 4.69) is 164 Å². The number of hydrogen-bond donors (Lipinski definition) is 0. The minimum absolute atomic E-state index is 0.915. The van der Waals surface area contributed by atoms with E-state index in [1.807, 2.05) is 17.4 Å². The van der Waals surface area contributed by atoms with E-state index in [-0.39, 0.29) is 0 Å². The van der Waals surface area contributed by atoms with E-state index >= 15 is 0 Å². The Hall–Kier alpha value is -6.68. The maximum atomic E-state index is 6.64. The van der Waals surface area contributed by atoms with Gasteiger partial charge in [0.15, 0.2) is 5.58 Å². The van der Waals surface area contributed by atoms with Gasteiger partial charge in [0, 0.05) is 31.8 Å². The molecule has 0 aliphatic carbocycles. The minimum atomic E-state index is 0.915. The lowest BCUT2D eigenvalue weighted by Gasteiger charge is -2.18. The molecule has 0 spiro atoms. The van der Waals surface area contributed by atoms with Crippen molar-refractivity contribution >= 4 is 97.6 Å². The molecule has 0 amide bonds. The van der Waals surface area contributed by atoms with Crippen LogP contribution in [0.15, 0.2) is 179 Å². The molecule has 0 bridgehead atoms. The van der Waals surface area contributed by atoms with Crippen LogP contribution in [-0.4, -0.2) is 0 Å². The van der Waals surface area contributed by atoms with Crippen LogP contribution in [0.4, 0.5) is 0 Å². The summed E-state index contributed by atoms with van der Waals surface area (Å²) in [5.41, 5.74) is 9.85. The second-order valence-electron chi connectivity index (χ2n) is 13.9. The summed E-state index contributed by atoms with van der Waals surface area (Å²) in [6, 6.07) is 61.4. The van der Waals surface area contributed by atoms with Crippen LogP contribution in [0.3, 0.4) is 0 Å². The number of fused-ring (bicyclic) bond motifs is 12. The Morgan fingerprint density at radius 1 is 0.358 bits per heavy atom. The molecule has 9 aromatic carbocycles. The van der Waals surface area contributed by atoms with Crippen LogP contribution >= 0.6 is 11.3 Å². The molecule has 0 N–H and O–H groups in total. The Balaban J connectivity index is 1.18. The molecule has 12 aromatic rings. The van der Waals surface area contributed by atoms with Gasteiger partial charge in [0.1, 0.15) is 16.7 Å². The number of hydrogen-bond acceptors (Lipinski definition) is 3. The first-order valence-electron chi connectivity index (χ1n) is 18.0. The Morgan fingerprint density at radius 2 is 0.981 bits per heavy atom. The molecular formula is C50H28O2S. The first kappa shape index (κ1) is 29.0. The third-order valence-corrected chi connectivity index (χ3v) is 12.2. The maximum absolute atomic E-state index is 6.64. The summed E-state index contributed by atoms with van der Waals surface area (Å²) in [4.78, 5) is 1.23. The summed E-state index contributed by atoms with van der Waals surface area (Å²) < 4.78 is 14.1. The molecule has 0 fully saturated rings. The van der Waals surface area contributed by atoms with Gasteiger partial charge in [-0.25, -0.2) is 0 Å². The van der Waals surface area contributed by atoms with Crippen molar-refractivity contribution in [2.24, 2.45) is 0 Å². The van der Waals surface area contributed by atoms with Crippen molar-refractivity contribution < 1.29 is 8.83 Å². The molecule has 2 nitrogen and oxygen atoms in total. The van der Waals surface area contributed by atoms with E-state index in [0.29, 0.717) is 0 Å². The second kappa shape index (κ2) is 10.9. The number of thiophene rings is 1. The molecule has 246 valence electrons. The quantitative estimate of drug-likeness (QED) is 0.172. The fraction of sp³-hybridized carbons (Fsp3) is 0. The highest BCUT2D eigenvalue weighted by molar-refractivity contribution is 7.23. The van der Waals surface area contributed by atoms with Crippen molar-refractivity contribution in [3.05, 3.63) is 170 Å². The zero-order chi connectivity index (χ0) is 34.6. The van der Waals surface area contributed by atoms with Crippen LogP contribution in [0.1, 0.15) is 0 Å². The monoisotopic (exact) mass is 692 g/mol. The lowest BCUT2D eigenvalue weighted by Crippen LogP contribution is -1.91. The van der Waals surface area contributed by atoms with Gasteiger partial charge in [-0.05, 0) is 96.5 Å². The number of benzene rings is 9. The Labute approximate surface area is 307 Å². The Morgan fingerprint density at radius 3 is 1.72 bits per heavy atom. The van der Waals surface area contributed by atoms with Crippen molar-refractivity contribution in [3.63, 3.8) is 0 Å². The molecule has 0 atom stereocenters. The summed E-state index contributed by atoms with van der Waals surface area (Å²) in [6.45, 7) is 0. The standard InChI is InChI=1S/C50H28O2S/c1-2-12-29(13-3-1)45-28-41-39(27-40-33-14-8-10-20-42(33)52-49(40)50(41)53-45)47-36-17-6-4-15-34(36)46(35-16-5-7-18-37(35)47)31-22-24-32-30(26-31)23-25-44-48(32)38-19-9-11-21-43(38)51-44/h1-28H. The average molecular weight is 693 g/mol. The van der Waals surface area contributed by atoms with Crippen LogP contribution in [0, 0.1) is 0 Å². The highest BCUT2D eigenvalue weighted by Crippen LogP contribution is 2.50. The maximum Gasteiger partial charge on any atom is 0.153 e. The van der Waals surface area contributed by atoms with E-state index < -0.39 is 0 Å². The van der Waals surface area contributed by atoms with E-state index in [1.54, 1.807) is 0 Å². The first-order chi connectivity index (χ1) is 26.3. The van der Waals surface area contributed by atoms with Gasteiger partial charge in [0.2, 0.25) is 0 Å². The van der Waals surface area contributed by atoms with Gasteiger partial charge in [0.25, 0.3) is 0 Å². The smallest absolute Gasteiger partial charge is 0.153 e. The van der Waals surface area contributed by atoms with Gasteiger partial charge in [-0.2, -0.15) is 0 Å². The number of furan rings is 2. The van der Waals surface area contributed by atoms with Crippen molar-refractivity contribution in [2.45, 2.75) is 0 Å². The Bertz CT molecular complexity index is 3390. The van der Waals surface area contributed by atoms with Gasteiger partial charge in [-0.1, -0.05) is 133 Å². The second-order valence-corrected chi connectivity index (χ2v) is 15.0. The summed E-state index contributed by atoms with van der Waals surface area (Å²) in [7, 11) is 0. The van der Waals surface area contributed by atoms with Gasteiger partial charge in [-0.15, -0.1) is 11.3 Å². The molecule has 3 heterocycles. The molecule has 3 aromatic heterocycles. The van der Waals surface area contributed by atoms with E-state index in [0.717, 1.165) is 38.5 Å². The topological polar surface area (TPSA) is 26.3 Å². The summed E-state index contributed by atoms with van der Waals surface area (Å²) in [5, 5.41) is 13.2. The molecule has 0 radical (unpaired) electrons. The molecule has 0 unspecified atom stereocenters. The average Bonchev–Trinajstić information content (AvgIpc) is 3.94. The molecular weight excluding hydrogens is 665 g/mol. The molecule has 53 heavy (non-hydrogen) atoms. The van der Waals surface area contributed by atoms with Gasteiger partial charge in [-0.3, -0.25) is 0 Å². The summed E-state index contributed by atoms with van der Waals surface area (Å²) >= 11 is 1.82. The summed E-state index contributed by atoms with van der Waals surface area (Å²) in [6.07, 6.45) is 0. The van der Waals surface area contributed by atoms with E-state index in [1.165, 1.54) is 80.5 Å². The van der Waals surface area contributed by atoms with Crippen LogP contribution in [0.5, 0.6) is 0 Å². The molecule has 12 rings (SSSR count). The fourth-order valence-corrected chi connectivity index (χ4v) is 9.92. The molecule has 0 saturated carbocycles. The highest BCUT2D eigenvalue weighted by Gasteiger charge is 2.23. The van der Waals surface area contributed by atoms with Crippen molar-refractivity contribution in [1.29, 1.82) is 0 Å². The van der Waals surface area contributed by atoms with Gasteiger partial charge >= 0.3 is 0 Å². The number of para-hydroxylation sites is 2. The normalized spacial score (nSPS) is 12.2. The third kappa shape index (κ3) is 4.14. The van der Waals surface area contributed by atoms with Crippen LogP contribution < -0.4 is 0 Å². The molecule has 3 heteroatoms. The Kier molecular flexibility index (Phi) is 5.96. The van der Waals surface area contributed by atoms with E-state index in [4.69, 9.17) is 8.83 Å². The van der Waals surface area contributed by atoms with Crippen LogP contribution in [0.2, 0.25) is 0 Å². The van der Waals surface area contributed by atoms with Gasteiger partial charge in [0.05, 0.1) is 4.70 Å². The SMILES string of the molecule is c1ccc(-c2cc3c(-c4c5ccccc5c(-c5ccc6c(ccc7oc8ccccc8c76)c5)c5ccccc45)cc4c5ccccc5oc4c3s2)cc1. The number of rotatable bonds is 3.